The molecule has 0 aliphatic carbocycles. The maximum Gasteiger partial charge on any atom is 0.216 e. The zero-order valence-electron chi connectivity index (χ0n) is 8.00. The van der Waals surface area contributed by atoms with E-state index in [1.54, 1.807) is 0 Å². The lowest BCUT2D eigenvalue weighted by atomic mass is 10.2. The monoisotopic (exact) mass is 214 g/mol. The summed E-state index contributed by atoms with van der Waals surface area (Å²) < 4.78 is 31.8. The molecular formula is C10H10F2NO2. The second-order valence-corrected chi connectivity index (χ2v) is 3.31. The Morgan fingerprint density at radius 2 is 1.87 bits per heavy atom. The summed E-state index contributed by atoms with van der Waals surface area (Å²) in [6.45, 7) is 1.64. The van der Waals surface area contributed by atoms with E-state index >= 15 is 0 Å². The van der Waals surface area contributed by atoms with E-state index in [-0.39, 0.29) is 5.69 Å². The number of benzene rings is 1. The molecule has 1 radical (unpaired) electrons. The van der Waals surface area contributed by atoms with Gasteiger partial charge in [0.25, 0.3) is 0 Å². The summed E-state index contributed by atoms with van der Waals surface area (Å²) in [7, 11) is 0. The van der Waals surface area contributed by atoms with Crippen molar-refractivity contribution < 1.29 is 18.6 Å². The van der Waals surface area contributed by atoms with Crippen LogP contribution in [0.2, 0.25) is 0 Å². The van der Waals surface area contributed by atoms with Gasteiger partial charge in [0.2, 0.25) is 5.75 Å². The Morgan fingerprint density at radius 1 is 1.20 bits per heavy atom. The Kier molecular flexibility index (Phi) is 2.73. The van der Waals surface area contributed by atoms with Crippen LogP contribution in [0.4, 0.5) is 14.5 Å². The van der Waals surface area contributed by atoms with Crippen LogP contribution in [0.5, 0.6) is 5.75 Å². The topological polar surface area (TPSA) is 32.4 Å². The molecule has 81 valence electrons. The number of rotatable bonds is 1. The van der Waals surface area contributed by atoms with Crippen LogP contribution in [0.3, 0.4) is 0 Å². The van der Waals surface area contributed by atoms with E-state index in [9.17, 15) is 13.9 Å². The predicted octanol–water partition coefficient (Wildman–Crippen LogP) is 1.95. The van der Waals surface area contributed by atoms with Gasteiger partial charge in [0, 0.05) is 13.1 Å². The van der Waals surface area contributed by atoms with Crippen molar-refractivity contribution in [2.24, 2.45) is 0 Å². The minimum atomic E-state index is -1.02. The van der Waals surface area contributed by atoms with Gasteiger partial charge in [0.05, 0.1) is 13.2 Å². The summed E-state index contributed by atoms with van der Waals surface area (Å²) in [6, 6.07) is 1.89. The van der Waals surface area contributed by atoms with Gasteiger partial charge >= 0.3 is 0 Å². The molecule has 0 unspecified atom stereocenters. The van der Waals surface area contributed by atoms with Gasteiger partial charge in [-0.25, -0.2) is 8.78 Å². The summed E-state index contributed by atoms with van der Waals surface area (Å²) in [6.07, 6.45) is 0. The first-order valence-electron chi connectivity index (χ1n) is 4.68. The van der Waals surface area contributed by atoms with E-state index in [4.69, 9.17) is 4.74 Å². The first-order chi connectivity index (χ1) is 7.20. The van der Waals surface area contributed by atoms with Crippen molar-refractivity contribution in [3.8, 4) is 5.75 Å². The summed E-state index contributed by atoms with van der Waals surface area (Å²) in [5.74, 6) is -2.50. The molecule has 0 aromatic heterocycles. The Morgan fingerprint density at radius 3 is 2.53 bits per heavy atom. The summed E-state index contributed by atoms with van der Waals surface area (Å²) in [5, 5.41) is 11.0. The average Bonchev–Trinajstić information content (AvgIpc) is 2.26. The van der Waals surface area contributed by atoms with E-state index < -0.39 is 17.4 Å². The normalized spacial score (nSPS) is 16.8. The van der Waals surface area contributed by atoms with Crippen molar-refractivity contribution in [2.75, 3.05) is 31.2 Å². The van der Waals surface area contributed by atoms with Gasteiger partial charge in [-0.2, -0.15) is 0 Å². The standard InChI is InChI=1S/C10H10F2NO2/c11-7-1-2-8(14)9(12)10(7)13-3-5-15-6-4-13/h1-2H,3-6H2. The van der Waals surface area contributed by atoms with Crippen molar-refractivity contribution in [2.45, 2.75) is 0 Å². The van der Waals surface area contributed by atoms with Crippen molar-refractivity contribution in [3.05, 3.63) is 23.8 Å². The van der Waals surface area contributed by atoms with E-state index in [2.05, 4.69) is 0 Å². The van der Waals surface area contributed by atoms with Gasteiger partial charge in [-0.1, -0.05) is 0 Å². The third-order valence-corrected chi connectivity index (χ3v) is 2.36. The molecule has 1 aromatic carbocycles. The largest absolute Gasteiger partial charge is 0.378 e. The molecule has 0 atom stereocenters. The van der Waals surface area contributed by atoms with Gasteiger partial charge in [-0.3, -0.25) is 5.11 Å². The molecule has 0 saturated carbocycles. The molecule has 1 heterocycles. The van der Waals surface area contributed by atoms with Crippen LogP contribution in [0.1, 0.15) is 0 Å². The number of morpholine rings is 1. The van der Waals surface area contributed by atoms with Crippen LogP contribution in [-0.2, 0) is 9.84 Å². The van der Waals surface area contributed by atoms with Crippen molar-refractivity contribution >= 4 is 5.69 Å². The lowest BCUT2D eigenvalue weighted by molar-refractivity contribution is 0.122. The molecule has 1 aromatic rings. The highest BCUT2D eigenvalue weighted by Gasteiger charge is 2.22. The van der Waals surface area contributed by atoms with Crippen LogP contribution >= 0.6 is 0 Å². The van der Waals surface area contributed by atoms with Gasteiger partial charge in [0.1, 0.15) is 11.5 Å². The summed E-state index contributed by atoms with van der Waals surface area (Å²) in [4.78, 5) is 1.50. The maximum atomic E-state index is 13.4. The Hall–Kier alpha value is -1.36. The minimum Gasteiger partial charge on any atom is -0.378 e. The van der Waals surface area contributed by atoms with Crippen LogP contribution in [0.25, 0.3) is 0 Å². The molecule has 15 heavy (non-hydrogen) atoms. The minimum absolute atomic E-state index is 0.231. The van der Waals surface area contributed by atoms with Crippen molar-refractivity contribution in [1.82, 2.24) is 0 Å². The molecular weight excluding hydrogens is 204 g/mol. The van der Waals surface area contributed by atoms with Gasteiger partial charge in [0.15, 0.2) is 5.82 Å². The number of hydrogen-bond donors (Lipinski definition) is 0. The number of halogens is 2. The molecule has 2 rings (SSSR count). The summed E-state index contributed by atoms with van der Waals surface area (Å²) in [5.41, 5.74) is -0.231. The SMILES string of the molecule is [O]c1ccc(F)c(N2CCOCC2)c1F. The van der Waals surface area contributed by atoms with Crippen LogP contribution < -0.4 is 4.90 Å². The molecule has 0 N–H and O–H groups in total. The van der Waals surface area contributed by atoms with Gasteiger partial charge < -0.3 is 9.64 Å². The fourth-order valence-electron chi connectivity index (χ4n) is 1.60. The fraction of sp³-hybridized carbons (Fsp3) is 0.400. The molecule has 1 aliphatic rings. The quantitative estimate of drug-likeness (QED) is 0.715. The second kappa shape index (κ2) is 4.02. The van der Waals surface area contributed by atoms with Crippen molar-refractivity contribution in [3.63, 3.8) is 0 Å². The summed E-state index contributed by atoms with van der Waals surface area (Å²) >= 11 is 0. The number of ether oxygens (including phenoxy) is 1. The van der Waals surface area contributed by atoms with Crippen molar-refractivity contribution in [1.29, 1.82) is 0 Å². The lowest BCUT2D eigenvalue weighted by Crippen LogP contribution is -2.37. The molecule has 3 nitrogen and oxygen atoms in total. The Bertz CT molecular complexity index is 365. The molecule has 1 saturated heterocycles. The van der Waals surface area contributed by atoms with E-state index in [1.807, 2.05) is 0 Å². The fourth-order valence-corrected chi connectivity index (χ4v) is 1.60. The van der Waals surface area contributed by atoms with Crippen LogP contribution in [-0.4, -0.2) is 26.3 Å². The van der Waals surface area contributed by atoms with Crippen LogP contribution in [0, 0.1) is 11.6 Å². The Labute approximate surface area is 85.9 Å². The molecule has 1 aliphatic heterocycles. The second-order valence-electron chi connectivity index (χ2n) is 3.31. The molecule has 0 amide bonds. The first-order valence-corrected chi connectivity index (χ1v) is 4.68. The van der Waals surface area contributed by atoms with E-state index in [1.165, 1.54) is 4.90 Å². The highest BCUT2D eigenvalue weighted by Crippen LogP contribution is 2.30. The predicted molar refractivity (Wildman–Crippen MR) is 49.5 cm³/mol. The molecule has 0 bridgehead atoms. The maximum absolute atomic E-state index is 13.4. The number of anilines is 1. The van der Waals surface area contributed by atoms with E-state index in [0.29, 0.717) is 26.3 Å². The third-order valence-electron chi connectivity index (χ3n) is 2.36. The molecule has 1 fully saturated rings. The first kappa shape index (κ1) is 10.2. The molecule has 5 heteroatoms. The highest BCUT2D eigenvalue weighted by atomic mass is 19.1. The number of nitrogens with zero attached hydrogens (tertiary/aromatic N) is 1. The highest BCUT2D eigenvalue weighted by molar-refractivity contribution is 5.53. The zero-order valence-corrected chi connectivity index (χ0v) is 8.00. The zero-order chi connectivity index (χ0) is 10.8. The van der Waals surface area contributed by atoms with Gasteiger partial charge in [-0.15, -0.1) is 0 Å². The van der Waals surface area contributed by atoms with Crippen LogP contribution in [0.15, 0.2) is 12.1 Å². The smallest absolute Gasteiger partial charge is 0.216 e. The molecule has 0 spiro atoms. The number of hydrogen-bond acceptors (Lipinski definition) is 2. The Balaban J connectivity index is 2.36. The lowest BCUT2D eigenvalue weighted by Gasteiger charge is -2.29. The van der Waals surface area contributed by atoms with Gasteiger partial charge in [-0.05, 0) is 12.1 Å². The third kappa shape index (κ3) is 1.87. The average molecular weight is 214 g/mol. The van der Waals surface area contributed by atoms with E-state index in [0.717, 1.165) is 12.1 Å².